The van der Waals surface area contributed by atoms with E-state index in [2.05, 4.69) is 0 Å². The second kappa shape index (κ2) is 9.38. The molecule has 6 atom stereocenters. The maximum absolute atomic E-state index is 14.8. The van der Waals surface area contributed by atoms with Crippen LogP contribution in [0, 0.1) is 25.7 Å². The van der Waals surface area contributed by atoms with E-state index < -0.39 is 39.4 Å². The fraction of sp³-hybridized carbons (Fsp3) is 0.387. The number of aryl methyl sites for hydroxylation is 2. The molecule has 39 heavy (non-hydrogen) atoms. The Bertz CT molecular complexity index is 1410. The summed E-state index contributed by atoms with van der Waals surface area (Å²) in [4.78, 5) is 46.0. The summed E-state index contributed by atoms with van der Waals surface area (Å²) in [5.41, 5.74) is 3.51. The maximum Gasteiger partial charge on any atom is 0.311 e. The second-order valence-corrected chi connectivity index (χ2v) is 12.8. The molecule has 2 fully saturated rings. The molecule has 2 aromatic rings. The predicted octanol–water partition coefficient (Wildman–Crippen LogP) is 3.74. The lowest BCUT2D eigenvalue weighted by atomic mass is 9.75. The molecule has 0 radical (unpaired) electrons. The lowest BCUT2D eigenvalue weighted by Crippen LogP contribution is -2.54. The van der Waals surface area contributed by atoms with Gasteiger partial charge in [0.25, 0.3) is 5.91 Å². The van der Waals surface area contributed by atoms with Gasteiger partial charge in [-0.05, 0) is 49.6 Å². The van der Waals surface area contributed by atoms with Crippen molar-refractivity contribution in [2.24, 2.45) is 11.8 Å². The minimum Gasteiger partial charge on any atom is -0.461 e. The monoisotopic (exact) mass is 544 g/mol. The third kappa shape index (κ3) is 3.79. The first kappa shape index (κ1) is 25.9. The van der Waals surface area contributed by atoms with Crippen molar-refractivity contribution in [1.82, 2.24) is 4.90 Å². The topological polar surface area (TPSA) is 87.2 Å². The summed E-state index contributed by atoms with van der Waals surface area (Å²) in [7, 11) is 0. The van der Waals surface area contributed by atoms with Crippen molar-refractivity contribution >= 4 is 35.2 Å². The summed E-state index contributed by atoms with van der Waals surface area (Å²) in [6.07, 6.45) is 7.72. The summed E-state index contributed by atoms with van der Waals surface area (Å²) in [5.74, 6) is -2.53. The summed E-state index contributed by atoms with van der Waals surface area (Å²) in [6.45, 7) is 6.06. The van der Waals surface area contributed by atoms with Crippen LogP contribution in [-0.4, -0.2) is 63.1 Å². The first-order valence-electron chi connectivity index (χ1n) is 13.3. The normalized spacial score (nSPS) is 32.3. The number of amides is 2. The molecule has 0 bridgehead atoms. The number of fused-ring (bicyclic) bond motifs is 2. The van der Waals surface area contributed by atoms with Crippen LogP contribution in [0.25, 0.3) is 0 Å². The fourth-order valence-corrected chi connectivity index (χ4v) is 9.03. The van der Waals surface area contributed by atoms with Gasteiger partial charge in [-0.15, -0.1) is 11.8 Å². The number of esters is 1. The summed E-state index contributed by atoms with van der Waals surface area (Å²) < 4.78 is 3.79. The van der Waals surface area contributed by atoms with Gasteiger partial charge >= 0.3 is 5.97 Å². The molecule has 0 saturated carbocycles. The zero-order valence-electron chi connectivity index (χ0n) is 22.2. The molecule has 0 aliphatic carbocycles. The smallest absolute Gasteiger partial charge is 0.311 e. The number of hydrogen-bond donors (Lipinski definition) is 1. The summed E-state index contributed by atoms with van der Waals surface area (Å²) >= 11 is 1.50. The van der Waals surface area contributed by atoms with Crippen LogP contribution in [0.5, 0.6) is 0 Å². The van der Waals surface area contributed by atoms with Crippen molar-refractivity contribution in [3.8, 4) is 0 Å². The molecule has 1 spiro atoms. The number of anilines is 1. The van der Waals surface area contributed by atoms with Crippen LogP contribution in [0.15, 0.2) is 72.8 Å². The molecule has 4 heterocycles. The van der Waals surface area contributed by atoms with Gasteiger partial charge in [0.15, 0.2) is 0 Å². The van der Waals surface area contributed by atoms with E-state index in [4.69, 9.17) is 4.74 Å². The van der Waals surface area contributed by atoms with Gasteiger partial charge in [-0.2, -0.15) is 0 Å². The Kier molecular flexibility index (Phi) is 6.23. The van der Waals surface area contributed by atoms with Crippen LogP contribution in [0.1, 0.15) is 29.7 Å². The number of carbonyl (C=O) groups is 3. The number of cyclic esters (lactones) is 1. The number of ether oxygens (including phenoxy) is 1. The molecule has 7 nitrogen and oxygen atoms in total. The SMILES string of the molecule is Cc1ccc(C)c(N2CC=C[C@]34S[C@]5(C)C=CCOC(=O)[C@@H]5[C@H]3C(=O)N([C@H](CO)c3ccccc3)C4C2=O)c1. The average Bonchev–Trinajstić information content (AvgIpc) is 3.17. The van der Waals surface area contributed by atoms with E-state index in [1.54, 1.807) is 9.80 Å². The van der Waals surface area contributed by atoms with Gasteiger partial charge < -0.3 is 19.6 Å². The molecule has 0 aromatic heterocycles. The molecule has 1 N–H and O–H groups in total. The predicted molar refractivity (Wildman–Crippen MR) is 150 cm³/mol. The average molecular weight is 545 g/mol. The maximum atomic E-state index is 14.8. The van der Waals surface area contributed by atoms with E-state index >= 15 is 0 Å². The van der Waals surface area contributed by atoms with Crippen molar-refractivity contribution in [3.63, 3.8) is 0 Å². The fourth-order valence-electron chi connectivity index (χ4n) is 6.89. The van der Waals surface area contributed by atoms with Crippen LogP contribution in [0.4, 0.5) is 5.69 Å². The number of hydrogen-bond acceptors (Lipinski definition) is 6. The van der Waals surface area contributed by atoms with Gasteiger partial charge in [0.2, 0.25) is 5.91 Å². The number of thioether (sulfide) groups is 1. The Morgan fingerprint density at radius 1 is 1.03 bits per heavy atom. The molecule has 8 heteroatoms. The standard InChI is InChI=1S/C31H32N2O5S/c1-19-11-12-20(2)22(17-19)32-15-7-14-31-24(25-29(37)38-16-8-13-30(25,3)39-31)27(35)33(26(31)28(32)36)23(18-34)21-9-5-4-6-10-21/h4-14,17,23-26,34H,15-16,18H2,1-3H3/t23-,24+,25+,26?,30-,31+/m1/s1. The van der Waals surface area contributed by atoms with Crippen LogP contribution in [-0.2, 0) is 19.1 Å². The zero-order chi connectivity index (χ0) is 27.5. The molecule has 202 valence electrons. The Morgan fingerprint density at radius 3 is 2.54 bits per heavy atom. The van der Waals surface area contributed by atoms with E-state index in [-0.39, 0.29) is 25.0 Å². The van der Waals surface area contributed by atoms with Crippen LogP contribution >= 0.6 is 11.8 Å². The van der Waals surface area contributed by atoms with Crippen LogP contribution in [0.2, 0.25) is 0 Å². The minimum atomic E-state index is -1.01. The first-order chi connectivity index (χ1) is 18.7. The minimum absolute atomic E-state index is 0.158. The van der Waals surface area contributed by atoms with E-state index in [9.17, 15) is 19.5 Å². The third-order valence-corrected chi connectivity index (χ3v) is 10.4. The number of aliphatic hydroxyl groups is 1. The number of aliphatic hydroxyl groups excluding tert-OH is 1. The second-order valence-electron chi connectivity index (χ2n) is 11.0. The van der Waals surface area contributed by atoms with E-state index in [1.165, 1.54) is 11.8 Å². The van der Waals surface area contributed by atoms with E-state index in [1.807, 2.05) is 93.6 Å². The van der Waals surface area contributed by atoms with E-state index in [0.29, 0.717) is 6.54 Å². The first-order valence-corrected chi connectivity index (χ1v) is 14.1. The number of rotatable bonds is 4. The number of benzene rings is 2. The largest absolute Gasteiger partial charge is 0.461 e. The number of likely N-dealkylation sites (tertiary alicyclic amines) is 1. The highest BCUT2D eigenvalue weighted by Gasteiger charge is 2.74. The highest BCUT2D eigenvalue weighted by molar-refractivity contribution is 8.02. The van der Waals surface area contributed by atoms with Crippen LogP contribution < -0.4 is 4.90 Å². The highest BCUT2D eigenvalue weighted by atomic mass is 32.2. The zero-order valence-corrected chi connectivity index (χ0v) is 23.1. The summed E-state index contributed by atoms with van der Waals surface area (Å²) in [5, 5.41) is 10.7. The molecule has 6 rings (SSSR count). The molecular weight excluding hydrogens is 512 g/mol. The lowest BCUT2D eigenvalue weighted by Gasteiger charge is -2.40. The Morgan fingerprint density at radius 2 is 1.79 bits per heavy atom. The van der Waals surface area contributed by atoms with Crippen molar-refractivity contribution in [1.29, 1.82) is 0 Å². The van der Waals surface area contributed by atoms with Crippen LogP contribution in [0.3, 0.4) is 0 Å². The van der Waals surface area contributed by atoms with Gasteiger partial charge in [0, 0.05) is 17.0 Å². The lowest BCUT2D eigenvalue weighted by molar-refractivity contribution is -0.153. The van der Waals surface area contributed by atoms with Crippen molar-refractivity contribution in [2.45, 2.75) is 42.3 Å². The number of carbonyl (C=O) groups excluding carboxylic acids is 3. The quantitative estimate of drug-likeness (QED) is 0.466. The molecule has 4 aliphatic heterocycles. The summed E-state index contributed by atoms with van der Waals surface area (Å²) in [6, 6.07) is 13.6. The third-order valence-electron chi connectivity index (χ3n) is 8.60. The van der Waals surface area contributed by atoms with E-state index in [0.717, 1.165) is 22.4 Å². The van der Waals surface area contributed by atoms with Crippen molar-refractivity contribution in [2.75, 3.05) is 24.7 Å². The van der Waals surface area contributed by atoms with Gasteiger partial charge in [-0.1, -0.05) is 60.7 Å². The Hall–Kier alpha value is -3.36. The van der Waals surface area contributed by atoms with Crippen molar-refractivity contribution in [3.05, 3.63) is 89.5 Å². The van der Waals surface area contributed by atoms with Gasteiger partial charge in [0.05, 0.1) is 29.2 Å². The van der Waals surface area contributed by atoms with Gasteiger partial charge in [0.1, 0.15) is 12.6 Å². The molecule has 2 amide bonds. The Balaban J connectivity index is 1.56. The molecule has 2 saturated heterocycles. The molecule has 4 aliphatic rings. The Labute approximate surface area is 232 Å². The molecule has 2 aromatic carbocycles. The van der Waals surface area contributed by atoms with Gasteiger partial charge in [-0.3, -0.25) is 14.4 Å². The number of nitrogens with zero attached hydrogens (tertiary/aromatic N) is 2. The highest BCUT2D eigenvalue weighted by Crippen LogP contribution is 2.66. The van der Waals surface area contributed by atoms with Gasteiger partial charge in [-0.25, -0.2) is 0 Å². The van der Waals surface area contributed by atoms with Crippen molar-refractivity contribution < 1.29 is 24.2 Å². The molecular formula is C31H32N2O5S. The molecule has 1 unspecified atom stereocenters.